The number of hydrogen-bond donors (Lipinski definition) is 3. The molecule has 0 aliphatic carbocycles. The van der Waals surface area contributed by atoms with Gasteiger partial charge < -0.3 is 21.5 Å². The highest BCUT2D eigenvalue weighted by Crippen LogP contribution is 2.16. The van der Waals surface area contributed by atoms with Gasteiger partial charge in [0.2, 0.25) is 11.8 Å². The zero-order valence-corrected chi connectivity index (χ0v) is 10.9. The number of anilines is 1. The van der Waals surface area contributed by atoms with Crippen LogP contribution in [0.3, 0.4) is 0 Å². The Hall–Kier alpha value is -2.08. The Morgan fingerprint density at radius 3 is 2.47 bits per heavy atom. The minimum atomic E-state index is -0.937. The number of carbonyl (C=O) groups is 2. The summed E-state index contributed by atoms with van der Waals surface area (Å²) in [5, 5.41) is 2.60. The van der Waals surface area contributed by atoms with Gasteiger partial charge in [0.15, 0.2) is 0 Å². The third-order valence-electron chi connectivity index (χ3n) is 2.35. The van der Waals surface area contributed by atoms with Gasteiger partial charge >= 0.3 is 0 Å². The summed E-state index contributed by atoms with van der Waals surface area (Å²) in [6.45, 7) is 2.67. The fourth-order valence-corrected chi connectivity index (χ4v) is 1.40. The summed E-state index contributed by atoms with van der Waals surface area (Å²) in [6.07, 6.45) is 0.754. The molecule has 1 aromatic carbocycles. The topological polar surface area (TPSA) is 107 Å². The molecule has 0 saturated heterocycles. The van der Waals surface area contributed by atoms with Crippen molar-refractivity contribution in [2.75, 3.05) is 11.9 Å². The minimum Gasteiger partial charge on any atom is -0.494 e. The van der Waals surface area contributed by atoms with Gasteiger partial charge in [0.1, 0.15) is 5.75 Å². The van der Waals surface area contributed by atoms with Crippen LogP contribution in [0, 0.1) is 0 Å². The summed E-state index contributed by atoms with van der Waals surface area (Å²) in [7, 11) is 0. The van der Waals surface area contributed by atoms with Crippen molar-refractivity contribution in [1.29, 1.82) is 0 Å². The highest BCUT2D eigenvalue weighted by atomic mass is 16.5. The molecule has 0 heterocycles. The molecular weight excluding hydrogens is 246 g/mol. The summed E-state index contributed by atoms with van der Waals surface area (Å²) in [6, 6.07) is 5.99. The molecule has 6 nitrogen and oxygen atoms in total. The Morgan fingerprint density at radius 1 is 1.32 bits per heavy atom. The molecule has 0 radical (unpaired) electrons. The molecule has 2 amide bonds. The van der Waals surface area contributed by atoms with E-state index in [1.54, 1.807) is 24.3 Å². The van der Waals surface area contributed by atoms with E-state index < -0.39 is 17.9 Å². The van der Waals surface area contributed by atoms with E-state index in [0.29, 0.717) is 12.3 Å². The van der Waals surface area contributed by atoms with Crippen molar-refractivity contribution in [3.05, 3.63) is 24.3 Å². The molecule has 0 aromatic heterocycles. The highest BCUT2D eigenvalue weighted by molar-refractivity contribution is 5.97. The molecule has 0 spiro atoms. The molecule has 0 saturated carbocycles. The molecule has 1 unspecified atom stereocenters. The van der Waals surface area contributed by atoms with Crippen molar-refractivity contribution in [1.82, 2.24) is 0 Å². The largest absolute Gasteiger partial charge is 0.494 e. The van der Waals surface area contributed by atoms with Gasteiger partial charge in [0.05, 0.1) is 19.1 Å². The Balaban J connectivity index is 2.52. The summed E-state index contributed by atoms with van der Waals surface area (Å²) < 4.78 is 5.42. The van der Waals surface area contributed by atoms with Crippen LogP contribution in [0.15, 0.2) is 24.3 Å². The molecule has 5 N–H and O–H groups in total. The summed E-state index contributed by atoms with van der Waals surface area (Å²) in [5.41, 5.74) is 11.1. The lowest BCUT2D eigenvalue weighted by atomic mass is 10.2. The fraction of sp³-hybridized carbons (Fsp3) is 0.385. The molecule has 6 heteroatoms. The lowest BCUT2D eigenvalue weighted by molar-refractivity contribution is -0.123. The summed E-state index contributed by atoms with van der Waals surface area (Å²) in [4.78, 5) is 22.3. The molecule has 0 fully saturated rings. The molecule has 0 aliphatic rings. The number of amides is 2. The van der Waals surface area contributed by atoms with Crippen LogP contribution in [-0.4, -0.2) is 24.5 Å². The van der Waals surface area contributed by atoms with Crippen LogP contribution in [0.4, 0.5) is 5.69 Å². The third-order valence-corrected chi connectivity index (χ3v) is 2.35. The zero-order chi connectivity index (χ0) is 14.3. The number of primary amides is 1. The Morgan fingerprint density at radius 2 is 1.95 bits per heavy atom. The quantitative estimate of drug-likeness (QED) is 0.671. The Kier molecular flexibility index (Phi) is 5.81. The average molecular weight is 265 g/mol. The van der Waals surface area contributed by atoms with Crippen molar-refractivity contribution in [2.24, 2.45) is 11.5 Å². The number of nitrogens with two attached hydrogens (primary N) is 2. The second-order valence-corrected chi connectivity index (χ2v) is 4.14. The van der Waals surface area contributed by atoms with E-state index in [1.165, 1.54) is 0 Å². The fourth-order valence-electron chi connectivity index (χ4n) is 1.40. The molecule has 1 rings (SSSR count). The van der Waals surface area contributed by atoms with Crippen molar-refractivity contribution < 1.29 is 14.3 Å². The summed E-state index contributed by atoms with van der Waals surface area (Å²) >= 11 is 0. The van der Waals surface area contributed by atoms with Gasteiger partial charge in [-0.15, -0.1) is 0 Å². The van der Waals surface area contributed by atoms with Crippen LogP contribution in [-0.2, 0) is 9.59 Å². The number of rotatable bonds is 7. The van der Waals surface area contributed by atoms with Crippen molar-refractivity contribution >= 4 is 17.5 Å². The molecule has 1 aromatic rings. The van der Waals surface area contributed by atoms with Gasteiger partial charge in [0, 0.05) is 5.69 Å². The maximum atomic E-state index is 11.6. The second-order valence-electron chi connectivity index (χ2n) is 4.14. The predicted molar refractivity (Wildman–Crippen MR) is 72.6 cm³/mol. The Labute approximate surface area is 112 Å². The number of carbonyl (C=O) groups excluding carboxylic acids is 2. The molecular formula is C13H19N3O3. The smallest absolute Gasteiger partial charge is 0.241 e. The SMILES string of the molecule is CCCOc1ccc(NC(=O)C(N)CC(N)=O)cc1. The lowest BCUT2D eigenvalue weighted by Gasteiger charge is -2.11. The number of benzene rings is 1. The van der Waals surface area contributed by atoms with E-state index >= 15 is 0 Å². The second kappa shape index (κ2) is 7.38. The minimum absolute atomic E-state index is 0.177. The molecule has 104 valence electrons. The number of hydrogen-bond acceptors (Lipinski definition) is 4. The van der Waals surface area contributed by atoms with Gasteiger partial charge in [-0.1, -0.05) is 6.92 Å². The van der Waals surface area contributed by atoms with E-state index in [4.69, 9.17) is 16.2 Å². The van der Waals surface area contributed by atoms with Crippen LogP contribution >= 0.6 is 0 Å². The zero-order valence-electron chi connectivity index (χ0n) is 10.9. The number of ether oxygens (including phenoxy) is 1. The van der Waals surface area contributed by atoms with Crippen molar-refractivity contribution in [3.8, 4) is 5.75 Å². The van der Waals surface area contributed by atoms with Crippen LogP contribution in [0.2, 0.25) is 0 Å². The van der Waals surface area contributed by atoms with Crippen LogP contribution in [0.25, 0.3) is 0 Å². The van der Waals surface area contributed by atoms with E-state index in [0.717, 1.165) is 12.2 Å². The Bertz CT molecular complexity index is 431. The maximum absolute atomic E-state index is 11.6. The molecule has 0 aliphatic heterocycles. The molecule has 1 atom stereocenters. The molecule has 19 heavy (non-hydrogen) atoms. The maximum Gasteiger partial charge on any atom is 0.241 e. The standard InChI is InChI=1S/C13H19N3O3/c1-2-7-19-10-5-3-9(4-6-10)16-13(18)11(14)8-12(15)17/h3-6,11H,2,7-8,14H2,1H3,(H2,15,17)(H,16,18). The number of nitrogens with one attached hydrogen (secondary N) is 1. The summed E-state index contributed by atoms with van der Waals surface area (Å²) in [5.74, 6) is -0.312. The first-order valence-electron chi connectivity index (χ1n) is 6.10. The first-order chi connectivity index (χ1) is 9.02. The van der Waals surface area contributed by atoms with Gasteiger partial charge in [-0.25, -0.2) is 0 Å². The normalized spacial score (nSPS) is 11.7. The lowest BCUT2D eigenvalue weighted by Crippen LogP contribution is -2.38. The van der Waals surface area contributed by atoms with E-state index in [2.05, 4.69) is 5.32 Å². The van der Waals surface area contributed by atoms with Crippen molar-refractivity contribution in [2.45, 2.75) is 25.8 Å². The first kappa shape index (κ1) is 15.0. The van der Waals surface area contributed by atoms with Gasteiger partial charge in [-0.2, -0.15) is 0 Å². The monoisotopic (exact) mass is 265 g/mol. The van der Waals surface area contributed by atoms with Gasteiger partial charge in [-0.3, -0.25) is 9.59 Å². The first-order valence-corrected chi connectivity index (χ1v) is 6.10. The molecule has 0 bridgehead atoms. The predicted octanol–water partition coefficient (Wildman–Crippen LogP) is 0.617. The van der Waals surface area contributed by atoms with Gasteiger partial charge in [0.25, 0.3) is 0 Å². The van der Waals surface area contributed by atoms with Crippen LogP contribution in [0.1, 0.15) is 19.8 Å². The van der Waals surface area contributed by atoms with E-state index in [-0.39, 0.29) is 6.42 Å². The van der Waals surface area contributed by atoms with Crippen molar-refractivity contribution in [3.63, 3.8) is 0 Å². The van der Waals surface area contributed by atoms with E-state index in [1.807, 2.05) is 6.92 Å². The highest BCUT2D eigenvalue weighted by Gasteiger charge is 2.15. The van der Waals surface area contributed by atoms with Crippen LogP contribution < -0.4 is 21.5 Å². The van der Waals surface area contributed by atoms with Gasteiger partial charge in [-0.05, 0) is 30.7 Å². The van der Waals surface area contributed by atoms with Crippen LogP contribution in [0.5, 0.6) is 5.75 Å². The third kappa shape index (κ3) is 5.39. The average Bonchev–Trinajstić information content (AvgIpc) is 2.37. The van der Waals surface area contributed by atoms with E-state index in [9.17, 15) is 9.59 Å².